The SMILES string of the molecule is O=c1sc(-c2ccc(Cl)cc2)cc2ccccc12. The average molecular weight is 273 g/mol. The Bertz CT molecular complexity index is 759. The standard InChI is InChI=1S/C15H9ClOS/c16-12-7-5-10(6-8-12)14-9-11-3-1-2-4-13(11)15(17)18-14/h1-9H. The Morgan fingerprint density at radius 3 is 2.44 bits per heavy atom. The molecule has 0 atom stereocenters. The summed E-state index contributed by atoms with van der Waals surface area (Å²) in [5.74, 6) is 0. The van der Waals surface area contributed by atoms with Crippen LogP contribution in [0.4, 0.5) is 0 Å². The van der Waals surface area contributed by atoms with Gasteiger partial charge in [0.1, 0.15) is 0 Å². The van der Waals surface area contributed by atoms with Gasteiger partial charge in [-0.3, -0.25) is 4.79 Å². The van der Waals surface area contributed by atoms with Crippen molar-refractivity contribution in [2.24, 2.45) is 0 Å². The van der Waals surface area contributed by atoms with Gasteiger partial charge in [0.25, 0.3) is 0 Å². The van der Waals surface area contributed by atoms with E-state index in [9.17, 15) is 4.79 Å². The molecule has 0 amide bonds. The van der Waals surface area contributed by atoms with Crippen molar-refractivity contribution in [1.29, 1.82) is 0 Å². The van der Waals surface area contributed by atoms with Crippen molar-refractivity contribution in [2.45, 2.75) is 0 Å². The van der Waals surface area contributed by atoms with E-state index in [1.54, 1.807) is 0 Å². The third kappa shape index (κ3) is 2.05. The fourth-order valence-electron chi connectivity index (χ4n) is 1.89. The van der Waals surface area contributed by atoms with E-state index in [0.29, 0.717) is 5.02 Å². The normalized spacial score (nSPS) is 10.7. The van der Waals surface area contributed by atoms with Crippen LogP contribution in [0.5, 0.6) is 0 Å². The quantitative estimate of drug-likeness (QED) is 0.634. The Labute approximate surface area is 113 Å². The maximum absolute atomic E-state index is 12.0. The van der Waals surface area contributed by atoms with E-state index in [2.05, 4.69) is 0 Å². The van der Waals surface area contributed by atoms with Crippen LogP contribution < -0.4 is 4.74 Å². The molecule has 0 bridgehead atoms. The number of fused-ring (bicyclic) bond motifs is 1. The second-order valence-corrected chi connectivity index (χ2v) is 5.44. The summed E-state index contributed by atoms with van der Waals surface area (Å²) in [7, 11) is 0. The summed E-state index contributed by atoms with van der Waals surface area (Å²) in [6.45, 7) is 0. The van der Waals surface area contributed by atoms with Gasteiger partial charge < -0.3 is 0 Å². The van der Waals surface area contributed by atoms with Crippen LogP contribution in [0.1, 0.15) is 0 Å². The monoisotopic (exact) mass is 272 g/mol. The second-order valence-electron chi connectivity index (χ2n) is 3.99. The molecule has 0 aliphatic carbocycles. The molecule has 3 aromatic rings. The lowest BCUT2D eigenvalue weighted by Crippen LogP contribution is -1.95. The largest absolute Gasteiger partial charge is 0.277 e. The van der Waals surface area contributed by atoms with E-state index in [1.165, 1.54) is 11.3 Å². The molecule has 88 valence electrons. The molecule has 3 rings (SSSR count). The van der Waals surface area contributed by atoms with Gasteiger partial charge in [0, 0.05) is 15.3 Å². The molecule has 0 spiro atoms. The van der Waals surface area contributed by atoms with Gasteiger partial charge >= 0.3 is 0 Å². The molecule has 0 fully saturated rings. The van der Waals surface area contributed by atoms with Crippen molar-refractivity contribution in [3.05, 3.63) is 69.2 Å². The van der Waals surface area contributed by atoms with E-state index in [-0.39, 0.29) is 4.74 Å². The Morgan fingerprint density at radius 2 is 1.67 bits per heavy atom. The Hall–Kier alpha value is -1.64. The summed E-state index contributed by atoms with van der Waals surface area (Å²) in [6.07, 6.45) is 0. The summed E-state index contributed by atoms with van der Waals surface area (Å²) < 4.78 is 0.0954. The topological polar surface area (TPSA) is 17.1 Å². The molecule has 1 nitrogen and oxygen atoms in total. The highest BCUT2D eigenvalue weighted by Crippen LogP contribution is 2.26. The van der Waals surface area contributed by atoms with Crippen LogP contribution in [0.3, 0.4) is 0 Å². The van der Waals surface area contributed by atoms with Crippen molar-refractivity contribution in [2.75, 3.05) is 0 Å². The van der Waals surface area contributed by atoms with Crippen LogP contribution in [0.15, 0.2) is 59.4 Å². The third-order valence-electron chi connectivity index (χ3n) is 2.80. The fourth-order valence-corrected chi connectivity index (χ4v) is 2.95. The van der Waals surface area contributed by atoms with Crippen molar-refractivity contribution < 1.29 is 0 Å². The third-order valence-corrected chi connectivity index (χ3v) is 4.03. The molecule has 0 radical (unpaired) electrons. The summed E-state index contributed by atoms with van der Waals surface area (Å²) in [4.78, 5) is 13.0. The number of rotatable bonds is 1. The highest BCUT2D eigenvalue weighted by molar-refractivity contribution is 7.13. The predicted molar refractivity (Wildman–Crippen MR) is 78.5 cm³/mol. The highest BCUT2D eigenvalue weighted by atomic mass is 35.5. The molecule has 1 heterocycles. The van der Waals surface area contributed by atoms with E-state index in [1.807, 2.05) is 54.6 Å². The first kappa shape index (κ1) is 11.5. The lowest BCUT2D eigenvalue weighted by atomic mass is 10.1. The van der Waals surface area contributed by atoms with Crippen LogP contribution >= 0.6 is 22.9 Å². The molecule has 0 aliphatic rings. The predicted octanol–water partition coefficient (Wildman–Crippen LogP) is 4.58. The molecular weight excluding hydrogens is 264 g/mol. The smallest absolute Gasteiger partial charge is 0.240 e. The van der Waals surface area contributed by atoms with E-state index in [4.69, 9.17) is 11.6 Å². The molecule has 0 saturated carbocycles. The van der Waals surface area contributed by atoms with Gasteiger partial charge in [0.05, 0.1) is 0 Å². The highest BCUT2D eigenvalue weighted by Gasteiger charge is 2.04. The number of hydrogen-bond donors (Lipinski definition) is 0. The van der Waals surface area contributed by atoms with Gasteiger partial charge in [0.15, 0.2) is 0 Å². The first-order valence-electron chi connectivity index (χ1n) is 5.53. The molecule has 0 saturated heterocycles. The van der Waals surface area contributed by atoms with Gasteiger partial charge in [-0.05, 0) is 35.2 Å². The maximum Gasteiger partial charge on any atom is 0.240 e. The first-order valence-corrected chi connectivity index (χ1v) is 6.72. The lowest BCUT2D eigenvalue weighted by molar-refractivity contribution is 1.69. The van der Waals surface area contributed by atoms with Crippen molar-refractivity contribution in [3.63, 3.8) is 0 Å². The van der Waals surface area contributed by atoms with Crippen LogP contribution in [0, 0.1) is 0 Å². The minimum Gasteiger partial charge on any atom is -0.277 e. The zero-order valence-electron chi connectivity index (χ0n) is 9.39. The fraction of sp³-hybridized carbons (Fsp3) is 0. The lowest BCUT2D eigenvalue weighted by Gasteiger charge is -2.02. The zero-order chi connectivity index (χ0) is 12.5. The van der Waals surface area contributed by atoms with Gasteiger partial charge in [0.2, 0.25) is 4.74 Å². The average Bonchev–Trinajstić information content (AvgIpc) is 2.39. The van der Waals surface area contributed by atoms with Crippen LogP contribution in [-0.4, -0.2) is 0 Å². The molecule has 3 heteroatoms. The summed E-state index contributed by atoms with van der Waals surface area (Å²) in [6, 6.07) is 17.2. The molecule has 18 heavy (non-hydrogen) atoms. The Balaban J connectivity index is 2.24. The number of halogens is 1. The molecular formula is C15H9ClOS. The molecule has 0 unspecified atom stereocenters. The zero-order valence-corrected chi connectivity index (χ0v) is 11.0. The van der Waals surface area contributed by atoms with Crippen molar-refractivity contribution in [3.8, 4) is 10.4 Å². The van der Waals surface area contributed by atoms with E-state index >= 15 is 0 Å². The number of hydrogen-bond acceptors (Lipinski definition) is 2. The van der Waals surface area contributed by atoms with Gasteiger partial charge in [-0.15, -0.1) is 0 Å². The van der Waals surface area contributed by atoms with Crippen LogP contribution in [0.25, 0.3) is 21.2 Å². The van der Waals surface area contributed by atoms with Crippen molar-refractivity contribution >= 4 is 33.7 Å². The maximum atomic E-state index is 12.0. The van der Waals surface area contributed by atoms with Crippen LogP contribution in [0.2, 0.25) is 5.02 Å². The molecule has 2 aromatic carbocycles. The Kier molecular flexibility index (Phi) is 2.90. The summed E-state index contributed by atoms with van der Waals surface area (Å²) in [5, 5.41) is 2.46. The minimum absolute atomic E-state index is 0.0954. The summed E-state index contributed by atoms with van der Waals surface area (Å²) in [5.41, 5.74) is 1.02. The molecule has 0 aliphatic heterocycles. The minimum atomic E-state index is 0.0954. The van der Waals surface area contributed by atoms with Gasteiger partial charge in [-0.2, -0.15) is 0 Å². The van der Waals surface area contributed by atoms with E-state index < -0.39 is 0 Å². The second kappa shape index (κ2) is 4.56. The molecule has 1 aromatic heterocycles. The van der Waals surface area contributed by atoms with Crippen LogP contribution in [-0.2, 0) is 0 Å². The number of benzene rings is 2. The van der Waals surface area contributed by atoms with E-state index in [0.717, 1.165) is 21.2 Å². The Morgan fingerprint density at radius 1 is 0.944 bits per heavy atom. The first-order chi connectivity index (χ1) is 8.74. The van der Waals surface area contributed by atoms with Crippen molar-refractivity contribution in [1.82, 2.24) is 0 Å². The van der Waals surface area contributed by atoms with Gasteiger partial charge in [-0.25, -0.2) is 0 Å². The summed E-state index contributed by atoms with van der Waals surface area (Å²) >= 11 is 7.13. The van der Waals surface area contributed by atoms with Gasteiger partial charge in [-0.1, -0.05) is 53.3 Å². The molecule has 0 N–H and O–H groups in total.